The van der Waals surface area contributed by atoms with Gasteiger partial charge in [0.1, 0.15) is 0 Å². The number of hydrogen-bond donors (Lipinski definition) is 1. The molecule has 0 aliphatic rings. The zero-order chi connectivity index (χ0) is 18.5. The van der Waals surface area contributed by atoms with Crippen LogP contribution >= 0.6 is 0 Å². The summed E-state index contributed by atoms with van der Waals surface area (Å²) in [7, 11) is 1.31. The number of aryl methyl sites for hydroxylation is 1. The van der Waals surface area contributed by atoms with Crippen molar-refractivity contribution in [3.05, 3.63) is 70.5 Å². The number of nitrogens with zero attached hydrogens (tertiary/aromatic N) is 2. The Morgan fingerprint density at radius 2 is 1.85 bits per heavy atom. The number of ether oxygens (including phenoxy) is 1. The van der Waals surface area contributed by atoms with Gasteiger partial charge in [-0.1, -0.05) is 12.1 Å². The molecule has 0 aliphatic carbocycles. The minimum absolute atomic E-state index is 0.146. The summed E-state index contributed by atoms with van der Waals surface area (Å²) in [6.45, 7) is 0.340. The molecule has 0 spiro atoms. The minimum Gasteiger partial charge on any atom is -0.465 e. The highest BCUT2D eigenvalue weighted by molar-refractivity contribution is 5.93. The average Bonchev–Trinajstić information content (AvgIpc) is 2.67. The lowest BCUT2D eigenvalue weighted by molar-refractivity contribution is -0.116. The topological polar surface area (TPSA) is 90.3 Å². The number of benzene rings is 2. The molecule has 26 heavy (non-hydrogen) atoms. The number of methoxy groups -OCH3 is 1. The summed E-state index contributed by atoms with van der Waals surface area (Å²) < 4.78 is 6.27. The Kier molecular flexibility index (Phi) is 5.07. The molecule has 1 heterocycles. The highest BCUT2D eigenvalue weighted by Crippen LogP contribution is 2.12. The van der Waals surface area contributed by atoms with Gasteiger partial charge in [-0.05, 0) is 36.4 Å². The third kappa shape index (κ3) is 3.77. The van der Waals surface area contributed by atoms with Crippen molar-refractivity contribution in [1.82, 2.24) is 9.78 Å². The number of amides is 1. The van der Waals surface area contributed by atoms with Crippen LogP contribution in [0.15, 0.2) is 59.5 Å². The van der Waals surface area contributed by atoms with E-state index in [4.69, 9.17) is 0 Å². The van der Waals surface area contributed by atoms with E-state index in [-0.39, 0.29) is 17.8 Å². The number of hydrogen-bond acceptors (Lipinski definition) is 5. The zero-order valence-electron chi connectivity index (χ0n) is 14.1. The third-order valence-electron chi connectivity index (χ3n) is 3.90. The molecule has 0 saturated carbocycles. The van der Waals surface area contributed by atoms with Crippen molar-refractivity contribution in [3.8, 4) is 0 Å². The number of para-hydroxylation sites is 1. The first-order valence-electron chi connectivity index (χ1n) is 8.01. The van der Waals surface area contributed by atoms with Crippen LogP contribution in [0.2, 0.25) is 0 Å². The van der Waals surface area contributed by atoms with E-state index >= 15 is 0 Å². The molecule has 2 aromatic carbocycles. The molecule has 0 bridgehead atoms. The predicted octanol–water partition coefficient (Wildman–Crippen LogP) is 2.21. The van der Waals surface area contributed by atoms with Crippen molar-refractivity contribution in [3.63, 3.8) is 0 Å². The molecule has 1 amide bonds. The minimum atomic E-state index is -0.431. The molecular weight excluding hydrogens is 334 g/mol. The number of fused-ring (bicyclic) bond motifs is 1. The zero-order valence-corrected chi connectivity index (χ0v) is 14.1. The van der Waals surface area contributed by atoms with Crippen molar-refractivity contribution in [2.45, 2.75) is 13.0 Å². The average molecular weight is 351 g/mol. The number of carbonyl (C=O) groups excluding carboxylic acids is 2. The molecule has 0 unspecified atom stereocenters. The molecule has 7 heteroatoms. The highest BCUT2D eigenvalue weighted by atomic mass is 16.5. The standard InChI is InChI=1S/C19H17N3O4/c1-26-19(25)13-6-8-14(9-7-13)21-18(24)10-11-22-16-5-3-2-4-15(16)17(23)12-20-22/h2-9,12H,10-11H2,1H3,(H,21,24). The molecule has 0 fully saturated rings. The highest BCUT2D eigenvalue weighted by Gasteiger charge is 2.08. The SMILES string of the molecule is COC(=O)c1ccc(NC(=O)CCn2ncc(=O)c3ccccc32)cc1. The molecular formula is C19H17N3O4. The van der Waals surface area contributed by atoms with Gasteiger partial charge in [-0.2, -0.15) is 5.10 Å². The lowest BCUT2D eigenvalue weighted by Gasteiger charge is -2.10. The molecule has 3 rings (SSSR count). The summed E-state index contributed by atoms with van der Waals surface area (Å²) in [5, 5.41) is 7.43. The second-order valence-electron chi connectivity index (χ2n) is 5.62. The van der Waals surface area contributed by atoms with Crippen LogP contribution in [0.4, 0.5) is 5.69 Å². The molecule has 0 saturated heterocycles. The summed E-state index contributed by atoms with van der Waals surface area (Å²) >= 11 is 0. The van der Waals surface area contributed by atoms with Gasteiger partial charge in [0, 0.05) is 17.5 Å². The van der Waals surface area contributed by atoms with Gasteiger partial charge >= 0.3 is 5.97 Å². The van der Waals surface area contributed by atoms with Crippen LogP contribution in [0, 0.1) is 0 Å². The summed E-state index contributed by atoms with van der Waals surface area (Å²) in [4.78, 5) is 35.4. The Bertz CT molecular complexity index is 1010. The van der Waals surface area contributed by atoms with Crippen molar-refractivity contribution in [1.29, 1.82) is 0 Å². The second-order valence-corrected chi connectivity index (χ2v) is 5.62. The monoisotopic (exact) mass is 351 g/mol. The number of rotatable bonds is 5. The van der Waals surface area contributed by atoms with Gasteiger partial charge in [-0.15, -0.1) is 0 Å². The second kappa shape index (κ2) is 7.60. The van der Waals surface area contributed by atoms with Crippen LogP contribution in [0.25, 0.3) is 10.9 Å². The number of anilines is 1. The fourth-order valence-corrected chi connectivity index (χ4v) is 2.58. The summed E-state index contributed by atoms with van der Waals surface area (Å²) in [6.07, 6.45) is 1.45. The van der Waals surface area contributed by atoms with E-state index in [0.29, 0.717) is 28.7 Å². The van der Waals surface area contributed by atoms with Crippen LogP contribution in [-0.4, -0.2) is 28.8 Å². The maximum atomic E-state index is 12.2. The van der Waals surface area contributed by atoms with E-state index < -0.39 is 5.97 Å². The summed E-state index contributed by atoms with van der Waals surface area (Å²) in [5.74, 6) is -0.626. The Labute approximate surface area is 149 Å². The van der Waals surface area contributed by atoms with Crippen molar-refractivity contribution in [2.75, 3.05) is 12.4 Å². The Balaban J connectivity index is 1.65. The molecule has 7 nitrogen and oxygen atoms in total. The van der Waals surface area contributed by atoms with Crippen LogP contribution in [-0.2, 0) is 16.1 Å². The van der Waals surface area contributed by atoms with Gasteiger partial charge in [-0.3, -0.25) is 14.3 Å². The number of esters is 1. The van der Waals surface area contributed by atoms with Crippen LogP contribution in [0.3, 0.4) is 0 Å². The largest absolute Gasteiger partial charge is 0.465 e. The van der Waals surface area contributed by atoms with E-state index in [1.807, 2.05) is 6.07 Å². The molecule has 132 valence electrons. The van der Waals surface area contributed by atoms with Crippen LogP contribution < -0.4 is 10.7 Å². The first-order valence-corrected chi connectivity index (χ1v) is 8.01. The Hall–Kier alpha value is -3.48. The van der Waals surface area contributed by atoms with Gasteiger partial charge in [0.2, 0.25) is 11.3 Å². The van der Waals surface area contributed by atoms with Crippen molar-refractivity contribution in [2.24, 2.45) is 0 Å². The quantitative estimate of drug-likeness (QED) is 0.712. The van der Waals surface area contributed by atoms with Gasteiger partial charge in [0.15, 0.2) is 0 Å². The summed E-state index contributed by atoms with van der Waals surface area (Å²) in [6, 6.07) is 13.6. The third-order valence-corrected chi connectivity index (χ3v) is 3.90. The van der Waals surface area contributed by atoms with E-state index in [1.54, 1.807) is 47.1 Å². The van der Waals surface area contributed by atoms with E-state index in [2.05, 4.69) is 15.2 Å². The van der Waals surface area contributed by atoms with Crippen LogP contribution in [0.5, 0.6) is 0 Å². The molecule has 1 N–H and O–H groups in total. The van der Waals surface area contributed by atoms with Gasteiger partial charge in [0.05, 0.1) is 30.9 Å². The molecule has 1 aromatic heterocycles. The normalized spacial score (nSPS) is 10.5. The van der Waals surface area contributed by atoms with Crippen molar-refractivity contribution < 1.29 is 14.3 Å². The smallest absolute Gasteiger partial charge is 0.337 e. The number of nitrogens with one attached hydrogen (secondary N) is 1. The molecule has 0 atom stereocenters. The maximum Gasteiger partial charge on any atom is 0.337 e. The fraction of sp³-hybridized carbons (Fsp3) is 0.158. The first kappa shape index (κ1) is 17.3. The lowest BCUT2D eigenvalue weighted by Crippen LogP contribution is -2.18. The summed E-state index contributed by atoms with van der Waals surface area (Å²) in [5.41, 5.74) is 1.54. The molecule has 3 aromatic rings. The Morgan fingerprint density at radius 1 is 1.12 bits per heavy atom. The van der Waals surface area contributed by atoms with Gasteiger partial charge in [0.25, 0.3) is 0 Å². The predicted molar refractivity (Wildman–Crippen MR) is 97.0 cm³/mol. The number of aromatic nitrogens is 2. The van der Waals surface area contributed by atoms with E-state index in [9.17, 15) is 14.4 Å². The molecule has 0 radical (unpaired) electrons. The van der Waals surface area contributed by atoms with Crippen molar-refractivity contribution >= 4 is 28.5 Å². The van der Waals surface area contributed by atoms with Gasteiger partial charge < -0.3 is 10.1 Å². The Morgan fingerprint density at radius 3 is 2.58 bits per heavy atom. The lowest BCUT2D eigenvalue weighted by atomic mass is 10.2. The fourth-order valence-electron chi connectivity index (χ4n) is 2.58. The van der Waals surface area contributed by atoms with Crippen LogP contribution in [0.1, 0.15) is 16.8 Å². The first-order chi connectivity index (χ1) is 12.6. The van der Waals surface area contributed by atoms with E-state index in [0.717, 1.165) is 0 Å². The molecule has 0 aliphatic heterocycles. The van der Waals surface area contributed by atoms with Gasteiger partial charge in [-0.25, -0.2) is 4.79 Å². The number of carbonyl (C=O) groups is 2. The van der Waals surface area contributed by atoms with E-state index in [1.165, 1.54) is 13.3 Å². The maximum absolute atomic E-state index is 12.2.